The van der Waals surface area contributed by atoms with Crippen molar-refractivity contribution in [2.75, 3.05) is 0 Å². The average Bonchev–Trinajstić information content (AvgIpc) is 2.67. The van der Waals surface area contributed by atoms with E-state index in [0.717, 1.165) is 5.56 Å². The molecule has 0 aliphatic rings. The van der Waals surface area contributed by atoms with E-state index in [4.69, 9.17) is 4.74 Å². The third-order valence-electron chi connectivity index (χ3n) is 3.86. The molecule has 0 spiro atoms. The zero-order valence-corrected chi connectivity index (χ0v) is 13.7. The summed E-state index contributed by atoms with van der Waals surface area (Å²) in [6, 6.07) is 20.2. The van der Waals surface area contributed by atoms with E-state index in [1.54, 1.807) is 24.3 Å². The van der Waals surface area contributed by atoms with Crippen molar-refractivity contribution < 1.29 is 19.6 Å². The van der Waals surface area contributed by atoms with Crippen molar-refractivity contribution in [3.8, 4) is 16.9 Å². The quantitative estimate of drug-likeness (QED) is 0.521. The van der Waals surface area contributed by atoms with Crippen molar-refractivity contribution in [1.82, 2.24) is 0 Å². The lowest BCUT2D eigenvalue weighted by molar-refractivity contribution is -0.384. The van der Waals surface area contributed by atoms with E-state index >= 15 is 0 Å². The monoisotopic (exact) mass is 349 g/mol. The molecule has 0 aliphatic heterocycles. The molecule has 130 valence electrons. The van der Waals surface area contributed by atoms with Gasteiger partial charge in [0.05, 0.1) is 16.1 Å². The van der Waals surface area contributed by atoms with Crippen molar-refractivity contribution in [1.29, 1.82) is 0 Å². The van der Waals surface area contributed by atoms with Crippen molar-refractivity contribution in [2.24, 2.45) is 0 Å². The predicted octanol–water partition coefficient (Wildman–Crippen LogP) is 4.54. The summed E-state index contributed by atoms with van der Waals surface area (Å²) in [6.45, 7) is 0.395. The molecule has 0 aliphatic carbocycles. The maximum Gasteiger partial charge on any atom is 0.336 e. The van der Waals surface area contributed by atoms with Gasteiger partial charge in [-0.25, -0.2) is 4.79 Å². The Hall–Kier alpha value is -3.67. The Kier molecular flexibility index (Phi) is 4.94. The number of aromatic carboxylic acids is 1. The third-order valence-corrected chi connectivity index (χ3v) is 3.86. The Morgan fingerprint density at radius 3 is 2.27 bits per heavy atom. The van der Waals surface area contributed by atoms with Crippen LogP contribution in [-0.2, 0) is 6.61 Å². The first-order chi connectivity index (χ1) is 12.6. The Morgan fingerprint density at radius 1 is 0.962 bits per heavy atom. The van der Waals surface area contributed by atoms with E-state index in [1.807, 2.05) is 30.3 Å². The molecular formula is C20H15NO5. The first-order valence-corrected chi connectivity index (χ1v) is 7.84. The molecule has 0 heterocycles. The van der Waals surface area contributed by atoms with Crippen LogP contribution in [0.4, 0.5) is 5.69 Å². The Labute approximate surface area is 149 Å². The average molecular weight is 349 g/mol. The highest BCUT2D eigenvalue weighted by atomic mass is 16.6. The van der Waals surface area contributed by atoms with Crippen LogP contribution in [0.1, 0.15) is 15.9 Å². The number of hydrogen-bond donors (Lipinski definition) is 1. The zero-order chi connectivity index (χ0) is 18.5. The molecule has 0 unspecified atom stereocenters. The van der Waals surface area contributed by atoms with Gasteiger partial charge in [0.15, 0.2) is 0 Å². The molecule has 3 rings (SSSR count). The Morgan fingerprint density at radius 2 is 1.65 bits per heavy atom. The number of carboxylic acid groups (broad SMARTS) is 1. The number of hydrogen-bond acceptors (Lipinski definition) is 4. The lowest BCUT2D eigenvalue weighted by atomic mass is 9.97. The molecule has 6 nitrogen and oxygen atoms in total. The van der Waals surface area contributed by atoms with Gasteiger partial charge in [-0.1, -0.05) is 48.5 Å². The van der Waals surface area contributed by atoms with Gasteiger partial charge in [0.25, 0.3) is 5.69 Å². The predicted molar refractivity (Wildman–Crippen MR) is 96.3 cm³/mol. The number of carbonyl (C=O) groups is 1. The maximum atomic E-state index is 11.4. The second-order valence-electron chi connectivity index (χ2n) is 5.56. The standard InChI is InChI=1S/C20H15NO5/c22-20(23)17-7-4-8-18(21(24)25)19(17)15-9-11-16(12-10-15)26-13-14-5-2-1-3-6-14/h1-12H,13H2,(H,22,23). The molecule has 0 saturated heterocycles. The third kappa shape index (κ3) is 3.70. The molecule has 0 amide bonds. The number of rotatable bonds is 6. The summed E-state index contributed by atoms with van der Waals surface area (Å²) in [5, 5.41) is 20.6. The highest BCUT2D eigenvalue weighted by Gasteiger charge is 2.22. The minimum absolute atomic E-state index is 0.0830. The summed E-state index contributed by atoms with van der Waals surface area (Å²) >= 11 is 0. The highest BCUT2D eigenvalue weighted by molar-refractivity contribution is 5.99. The van der Waals surface area contributed by atoms with Crippen LogP contribution in [0.5, 0.6) is 5.75 Å². The van der Waals surface area contributed by atoms with Crippen molar-refractivity contribution in [3.63, 3.8) is 0 Å². The highest BCUT2D eigenvalue weighted by Crippen LogP contribution is 2.34. The summed E-state index contributed by atoms with van der Waals surface area (Å²) in [4.78, 5) is 22.2. The molecule has 1 N–H and O–H groups in total. The van der Waals surface area contributed by atoms with Gasteiger partial charge in [0.1, 0.15) is 12.4 Å². The molecule has 0 aromatic heterocycles. The lowest BCUT2D eigenvalue weighted by Crippen LogP contribution is -2.03. The summed E-state index contributed by atoms with van der Waals surface area (Å²) in [7, 11) is 0. The van der Waals surface area contributed by atoms with E-state index in [-0.39, 0.29) is 16.8 Å². The molecule has 0 radical (unpaired) electrons. The second kappa shape index (κ2) is 7.48. The van der Waals surface area contributed by atoms with Crippen LogP contribution in [-0.4, -0.2) is 16.0 Å². The van der Waals surface area contributed by atoms with Crippen molar-refractivity contribution >= 4 is 11.7 Å². The fourth-order valence-corrected chi connectivity index (χ4v) is 2.63. The van der Waals surface area contributed by atoms with Crippen LogP contribution in [0.2, 0.25) is 0 Å². The van der Waals surface area contributed by atoms with E-state index in [1.165, 1.54) is 18.2 Å². The minimum Gasteiger partial charge on any atom is -0.489 e. The normalized spacial score (nSPS) is 10.3. The minimum atomic E-state index is -1.21. The van der Waals surface area contributed by atoms with Gasteiger partial charge in [-0.3, -0.25) is 10.1 Å². The van der Waals surface area contributed by atoms with Gasteiger partial charge in [0, 0.05) is 6.07 Å². The summed E-state index contributed by atoms with van der Waals surface area (Å²) in [6.07, 6.45) is 0. The molecular weight excluding hydrogens is 334 g/mol. The SMILES string of the molecule is O=C(O)c1cccc([N+](=O)[O-])c1-c1ccc(OCc2ccccc2)cc1. The first kappa shape index (κ1) is 17.2. The number of ether oxygens (including phenoxy) is 1. The summed E-state index contributed by atoms with van der Waals surface area (Å²) < 4.78 is 5.69. The molecule has 0 atom stereocenters. The smallest absolute Gasteiger partial charge is 0.336 e. The zero-order valence-electron chi connectivity index (χ0n) is 13.7. The van der Waals surface area contributed by atoms with Gasteiger partial charge in [0.2, 0.25) is 0 Å². The summed E-state index contributed by atoms with van der Waals surface area (Å²) in [5.74, 6) is -0.624. The fraction of sp³-hybridized carbons (Fsp3) is 0.0500. The van der Waals surface area contributed by atoms with Gasteiger partial charge < -0.3 is 9.84 Å². The number of nitro benzene ring substituents is 1. The van der Waals surface area contributed by atoms with Crippen LogP contribution < -0.4 is 4.74 Å². The van der Waals surface area contributed by atoms with Gasteiger partial charge in [-0.15, -0.1) is 0 Å². The van der Waals surface area contributed by atoms with E-state index in [9.17, 15) is 20.0 Å². The molecule has 3 aromatic carbocycles. The van der Waals surface area contributed by atoms with Crippen LogP contribution in [0.15, 0.2) is 72.8 Å². The fourth-order valence-electron chi connectivity index (χ4n) is 2.63. The molecule has 0 bridgehead atoms. The first-order valence-electron chi connectivity index (χ1n) is 7.84. The molecule has 6 heteroatoms. The molecule has 0 saturated carbocycles. The molecule has 3 aromatic rings. The number of nitro groups is 1. The number of nitrogens with zero attached hydrogens (tertiary/aromatic N) is 1. The second-order valence-corrected chi connectivity index (χ2v) is 5.56. The number of carboxylic acids is 1. The maximum absolute atomic E-state index is 11.4. The summed E-state index contributed by atoms with van der Waals surface area (Å²) in [5.41, 5.74) is 1.19. The van der Waals surface area contributed by atoms with E-state index in [0.29, 0.717) is 17.9 Å². The van der Waals surface area contributed by atoms with Crippen LogP contribution in [0.25, 0.3) is 11.1 Å². The van der Waals surface area contributed by atoms with Crippen LogP contribution in [0.3, 0.4) is 0 Å². The van der Waals surface area contributed by atoms with Crippen LogP contribution in [0, 0.1) is 10.1 Å². The Bertz CT molecular complexity index is 904. The van der Waals surface area contributed by atoms with E-state index < -0.39 is 10.9 Å². The van der Waals surface area contributed by atoms with Crippen LogP contribution >= 0.6 is 0 Å². The topological polar surface area (TPSA) is 89.7 Å². The van der Waals surface area contributed by atoms with E-state index in [2.05, 4.69) is 0 Å². The lowest BCUT2D eigenvalue weighted by Gasteiger charge is -2.10. The molecule has 26 heavy (non-hydrogen) atoms. The molecule has 0 fully saturated rings. The van der Waals surface area contributed by atoms with Gasteiger partial charge in [-0.2, -0.15) is 0 Å². The Balaban J connectivity index is 1.89. The van der Waals surface area contributed by atoms with Gasteiger partial charge in [-0.05, 0) is 29.3 Å². The largest absolute Gasteiger partial charge is 0.489 e. The van der Waals surface area contributed by atoms with Crippen molar-refractivity contribution in [3.05, 3.63) is 94.0 Å². The van der Waals surface area contributed by atoms with Crippen molar-refractivity contribution in [2.45, 2.75) is 6.61 Å². The number of benzene rings is 3. The van der Waals surface area contributed by atoms with Gasteiger partial charge >= 0.3 is 5.97 Å².